The highest BCUT2D eigenvalue weighted by Crippen LogP contribution is 1.97. The van der Waals surface area contributed by atoms with Crippen LogP contribution < -0.4 is 0 Å². The molecule has 0 aromatic rings. The molecule has 0 aliphatic carbocycles. The van der Waals surface area contributed by atoms with Gasteiger partial charge in [-0.25, -0.2) is 8.78 Å². The molecule has 0 aliphatic heterocycles. The minimum absolute atomic E-state index is 0.259. The first-order valence-corrected chi connectivity index (χ1v) is 4.56. The van der Waals surface area contributed by atoms with E-state index >= 15 is 0 Å². The van der Waals surface area contributed by atoms with Gasteiger partial charge in [0.1, 0.15) is 9.52 Å². The van der Waals surface area contributed by atoms with Crippen LogP contribution >= 0.6 is 0 Å². The van der Waals surface area contributed by atoms with E-state index in [9.17, 15) is 13.6 Å². The second-order valence-electron chi connectivity index (χ2n) is 1.95. The molecule has 0 amide bonds. The van der Waals surface area contributed by atoms with Gasteiger partial charge in [-0.1, -0.05) is 6.04 Å². The molecule has 2 nitrogen and oxygen atoms in total. The minimum Gasteiger partial charge on any atom is -0.466 e. The molecular weight excluding hydrogens is 170 g/mol. The Labute approximate surface area is 66.7 Å². The predicted molar refractivity (Wildman–Crippen MR) is 37.8 cm³/mol. The van der Waals surface area contributed by atoms with Gasteiger partial charge in [0.2, 0.25) is 6.05 Å². The summed E-state index contributed by atoms with van der Waals surface area (Å²) < 4.78 is 27.6. The van der Waals surface area contributed by atoms with Crippen LogP contribution in [0.4, 0.5) is 8.78 Å². The fraction of sp³-hybridized carbons (Fsp3) is 0.833. The van der Waals surface area contributed by atoms with E-state index in [1.165, 1.54) is 6.92 Å². The third-order valence-corrected chi connectivity index (χ3v) is 1.88. The zero-order valence-corrected chi connectivity index (χ0v) is 7.27. The van der Waals surface area contributed by atoms with Crippen molar-refractivity contribution in [3.8, 4) is 0 Å². The number of esters is 1. The third-order valence-electron chi connectivity index (χ3n) is 0.925. The highest BCUT2D eigenvalue weighted by atomic mass is 28.2. The monoisotopic (exact) mass is 180 g/mol. The van der Waals surface area contributed by atoms with Crippen molar-refractivity contribution in [3.05, 3.63) is 0 Å². The maximum Gasteiger partial charge on any atom is 0.302 e. The summed E-state index contributed by atoms with van der Waals surface area (Å²) in [6.45, 7) is 1.56. The van der Waals surface area contributed by atoms with Gasteiger partial charge in [0, 0.05) is 6.92 Å². The van der Waals surface area contributed by atoms with Crippen molar-refractivity contribution in [1.29, 1.82) is 0 Å². The second-order valence-corrected chi connectivity index (χ2v) is 3.29. The topological polar surface area (TPSA) is 26.3 Å². The molecule has 0 spiro atoms. The van der Waals surface area contributed by atoms with Crippen LogP contribution in [0.2, 0.25) is 6.04 Å². The van der Waals surface area contributed by atoms with E-state index in [2.05, 4.69) is 4.74 Å². The zero-order valence-electron chi connectivity index (χ0n) is 6.27. The van der Waals surface area contributed by atoms with E-state index in [-0.39, 0.29) is 22.1 Å². The Hall–Kier alpha value is -0.453. The summed E-state index contributed by atoms with van der Waals surface area (Å²) in [7, 11) is -0.333. The first kappa shape index (κ1) is 10.5. The van der Waals surface area contributed by atoms with E-state index in [1.54, 1.807) is 0 Å². The lowest BCUT2D eigenvalue weighted by molar-refractivity contribution is -0.140. The average molecular weight is 180 g/mol. The van der Waals surface area contributed by atoms with Gasteiger partial charge in [-0.3, -0.25) is 4.79 Å². The summed E-state index contributed by atoms with van der Waals surface area (Å²) >= 11 is 0. The van der Waals surface area contributed by atoms with Crippen LogP contribution in [-0.2, 0) is 9.53 Å². The summed E-state index contributed by atoms with van der Waals surface area (Å²) in [5, 5.41) is 0. The van der Waals surface area contributed by atoms with E-state index in [0.29, 0.717) is 12.5 Å². The van der Waals surface area contributed by atoms with Crippen molar-refractivity contribution in [2.75, 3.05) is 6.61 Å². The minimum atomic E-state index is -2.22. The SMILES string of the molecule is CC(=O)OCCC[Si]C(F)F. The van der Waals surface area contributed by atoms with Crippen LogP contribution in [0, 0.1) is 0 Å². The van der Waals surface area contributed by atoms with E-state index < -0.39 is 6.05 Å². The quantitative estimate of drug-likeness (QED) is 0.362. The number of alkyl halides is 2. The molecule has 0 atom stereocenters. The van der Waals surface area contributed by atoms with Gasteiger partial charge < -0.3 is 4.74 Å². The highest BCUT2D eigenvalue weighted by molar-refractivity contribution is 6.36. The van der Waals surface area contributed by atoms with Crippen LogP contribution in [0.1, 0.15) is 13.3 Å². The Kier molecular flexibility index (Phi) is 6.01. The molecule has 0 saturated heterocycles. The number of carbonyl (C=O) groups is 1. The van der Waals surface area contributed by atoms with E-state index in [1.807, 2.05) is 0 Å². The lowest BCUT2D eigenvalue weighted by atomic mass is 10.5. The van der Waals surface area contributed by atoms with Gasteiger partial charge in [0.15, 0.2) is 0 Å². The van der Waals surface area contributed by atoms with E-state index in [4.69, 9.17) is 0 Å². The van der Waals surface area contributed by atoms with Crippen molar-refractivity contribution < 1.29 is 18.3 Å². The molecule has 0 aromatic heterocycles. The first-order chi connectivity index (χ1) is 5.13. The maximum absolute atomic E-state index is 11.5. The molecule has 64 valence electrons. The Morgan fingerprint density at radius 3 is 2.73 bits per heavy atom. The van der Waals surface area contributed by atoms with Crippen LogP contribution in [0.25, 0.3) is 0 Å². The fourth-order valence-electron chi connectivity index (χ4n) is 0.499. The average Bonchev–Trinajstić information content (AvgIpc) is 1.85. The molecule has 0 bridgehead atoms. The Bertz CT molecular complexity index is 119. The van der Waals surface area contributed by atoms with Crippen molar-refractivity contribution in [1.82, 2.24) is 0 Å². The largest absolute Gasteiger partial charge is 0.466 e. The number of carbonyl (C=O) groups excluding carboxylic acids is 1. The normalized spacial score (nSPS) is 10.2. The summed E-state index contributed by atoms with van der Waals surface area (Å²) in [4.78, 5) is 10.2. The Morgan fingerprint density at radius 2 is 2.27 bits per heavy atom. The predicted octanol–water partition coefficient (Wildman–Crippen LogP) is 1.28. The molecule has 0 N–H and O–H groups in total. The molecule has 2 radical (unpaired) electrons. The molecule has 0 aromatic carbocycles. The smallest absolute Gasteiger partial charge is 0.302 e. The molecule has 0 heterocycles. The molecule has 0 rings (SSSR count). The van der Waals surface area contributed by atoms with Gasteiger partial charge in [-0.2, -0.15) is 0 Å². The van der Waals surface area contributed by atoms with Crippen LogP contribution in [-0.4, -0.2) is 28.1 Å². The first-order valence-electron chi connectivity index (χ1n) is 3.28. The number of hydrogen-bond donors (Lipinski definition) is 0. The summed E-state index contributed by atoms with van der Waals surface area (Å²) in [6.07, 6.45) is 0.530. The lowest BCUT2D eigenvalue weighted by Gasteiger charge is -1.99. The summed E-state index contributed by atoms with van der Waals surface area (Å²) in [5.74, 6) is -0.356. The fourth-order valence-corrected chi connectivity index (χ4v) is 1.07. The molecule has 0 aliphatic rings. The number of hydrogen-bond acceptors (Lipinski definition) is 2. The number of halogens is 2. The maximum atomic E-state index is 11.5. The molecule has 0 unspecified atom stereocenters. The number of ether oxygens (including phenoxy) is 1. The standard InChI is InChI=1S/C6H10F2O2Si/c1-5(9)10-3-2-4-11-6(7)8/h6H,2-4H2,1H3. The highest BCUT2D eigenvalue weighted by Gasteiger charge is 2.03. The molecule has 0 saturated carbocycles. The molecule has 5 heteroatoms. The third kappa shape index (κ3) is 9.55. The van der Waals surface area contributed by atoms with Crippen molar-refractivity contribution in [2.45, 2.75) is 25.4 Å². The molecule has 11 heavy (non-hydrogen) atoms. The van der Waals surface area contributed by atoms with Crippen LogP contribution in [0.5, 0.6) is 0 Å². The Balaban J connectivity index is 2.97. The van der Waals surface area contributed by atoms with Crippen molar-refractivity contribution >= 4 is 15.5 Å². The van der Waals surface area contributed by atoms with Crippen molar-refractivity contribution in [3.63, 3.8) is 0 Å². The molecule has 0 fully saturated rings. The van der Waals surface area contributed by atoms with Gasteiger partial charge in [0.05, 0.1) is 6.61 Å². The van der Waals surface area contributed by atoms with Gasteiger partial charge in [-0.15, -0.1) is 0 Å². The number of rotatable bonds is 5. The summed E-state index contributed by atoms with van der Waals surface area (Å²) in [6, 6.07) is -1.78. The van der Waals surface area contributed by atoms with Crippen LogP contribution in [0.3, 0.4) is 0 Å². The molecular formula is C6H10F2O2Si. The van der Waals surface area contributed by atoms with Gasteiger partial charge in [0.25, 0.3) is 0 Å². The van der Waals surface area contributed by atoms with Crippen LogP contribution in [0.15, 0.2) is 0 Å². The van der Waals surface area contributed by atoms with E-state index in [0.717, 1.165) is 0 Å². The zero-order chi connectivity index (χ0) is 8.69. The second kappa shape index (κ2) is 6.27. The van der Waals surface area contributed by atoms with Crippen molar-refractivity contribution in [2.24, 2.45) is 0 Å². The van der Waals surface area contributed by atoms with Gasteiger partial charge >= 0.3 is 5.97 Å². The lowest BCUT2D eigenvalue weighted by Crippen LogP contribution is -2.06. The van der Waals surface area contributed by atoms with Gasteiger partial charge in [-0.05, 0) is 6.42 Å². The summed E-state index contributed by atoms with van der Waals surface area (Å²) in [5.41, 5.74) is 0. The Morgan fingerprint density at radius 1 is 1.64 bits per heavy atom.